The van der Waals surface area contributed by atoms with Crippen molar-refractivity contribution >= 4 is 17.7 Å². The predicted octanol–water partition coefficient (Wildman–Crippen LogP) is 2.69. The first-order chi connectivity index (χ1) is 12.1. The van der Waals surface area contributed by atoms with E-state index in [-0.39, 0.29) is 11.7 Å². The number of amides is 1. The first-order valence-corrected chi connectivity index (χ1v) is 8.91. The van der Waals surface area contributed by atoms with Crippen LogP contribution in [-0.2, 0) is 11.3 Å². The lowest BCUT2D eigenvalue weighted by molar-refractivity contribution is -0.118. The molecule has 2 aromatic carbocycles. The van der Waals surface area contributed by atoms with E-state index in [9.17, 15) is 4.79 Å². The van der Waals surface area contributed by atoms with Crippen LogP contribution in [0, 0.1) is 13.8 Å². The van der Waals surface area contributed by atoms with Gasteiger partial charge in [0.05, 0.1) is 11.4 Å². The monoisotopic (exact) mass is 353 g/mol. The third kappa shape index (κ3) is 4.67. The van der Waals surface area contributed by atoms with Crippen molar-refractivity contribution in [2.75, 3.05) is 5.75 Å². The number of rotatable bonds is 6. The van der Waals surface area contributed by atoms with Gasteiger partial charge in [-0.2, -0.15) is 4.68 Å². The van der Waals surface area contributed by atoms with Crippen molar-refractivity contribution in [3.8, 4) is 5.69 Å². The molecule has 0 aliphatic heterocycles. The molecule has 1 amide bonds. The number of hydrogen-bond acceptors (Lipinski definition) is 5. The fraction of sp³-hybridized carbons (Fsp3) is 0.222. The van der Waals surface area contributed by atoms with Crippen molar-refractivity contribution in [1.29, 1.82) is 0 Å². The molecular formula is C18H19N5OS. The summed E-state index contributed by atoms with van der Waals surface area (Å²) in [5.41, 5.74) is 4.25. The molecule has 1 heterocycles. The van der Waals surface area contributed by atoms with Crippen LogP contribution in [0.2, 0.25) is 0 Å². The summed E-state index contributed by atoms with van der Waals surface area (Å²) in [5.74, 6) is 0.210. The average Bonchev–Trinajstić information content (AvgIpc) is 3.07. The standard InChI is InChI=1S/C18H19N5OS/c1-13-8-14(2)10-16(9-13)23-18(20-21-22-23)25-12-17(24)19-11-15-6-4-3-5-7-15/h3-10H,11-12H2,1-2H3,(H,19,24). The highest BCUT2D eigenvalue weighted by molar-refractivity contribution is 7.99. The summed E-state index contributed by atoms with van der Waals surface area (Å²) in [4.78, 5) is 12.1. The summed E-state index contributed by atoms with van der Waals surface area (Å²) in [6, 6.07) is 15.9. The third-order valence-electron chi connectivity index (χ3n) is 3.56. The fourth-order valence-corrected chi connectivity index (χ4v) is 3.20. The molecule has 3 aromatic rings. The van der Waals surface area contributed by atoms with Crippen LogP contribution in [0.3, 0.4) is 0 Å². The van der Waals surface area contributed by atoms with E-state index >= 15 is 0 Å². The Balaban J connectivity index is 1.60. The number of carbonyl (C=O) groups excluding carboxylic acids is 1. The maximum atomic E-state index is 12.1. The van der Waals surface area contributed by atoms with Gasteiger partial charge in [-0.25, -0.2) is 0 Å². The van der Waals surface area contributed by atoms with Gasteiger partial charge in [0.1, 0.15) is 0 Å². The SMILES string of the molecule is Cc1cc(C)cc(-n2nnnc2SCC(=O)NCc2ccccc2)c1. The Morgan fingerprint density at radius 2 is 1.84 bits per heavy atom. The molecule has 0 aliphatic carbocycles. The van der Waals surface area contributed by atoms with Crippen LogP contribution in [0.15, 0.2) is 53.7 Å². The lowest BCUT2D eigenvalue weighted by Crippen LogP contribution is -2.24. The minimum absolute atomic E-state index is 0.0520. The van der Waals surface area contributed by atoms with Crippen molar-refractivity contribution in [3.63, 3.8) is 0 Å². The molecule has 0 radical (unpaired) electrons. The molecule has 0 saturated carbocycles. The summed E-state index contributed by atoms with van der Waals surface area (Å²) < 4.78 is 1.66. The second-order valence-electron chi connectivity index (χ2n) is 5.77. The summed E-state index contributed by atoms with van der Waals surface area (Å²) in [5, 5.41) is 15.3. The van der Waals surface area contributed by atoms with E-state index < -0.39 is 0 Å². The zero-order valence-electron chi connectivity index (χ0n) is 14.1. The molecule has 0 unspecified atom stereocenters. The lowest BCUT2D eigenvalue weighted by atomic mass is 10.1. The van der Waals surface area contributed by atoms with Gasteiger partial charge in [0.15, 0.2) is 0 Å². The van der Waals surface area contributed by atoms with Gasteiger partial charge in [0.2, 0.25) is 11.1 Å². The third-order valence-corrected chi connectivity index (χ3v) is 4.48. The number of hydrogen-bond donors (Lipinski definition) is 1. The summed E-state index contributed by atoms with van der Waals surface area (Å²) in [6.07, 6.45) is 0. The fourth-order valence-electron chi connectivity index (χ4n) is 2.48. The highest BCUT2D eigenvalue weighted by Crippen LogP contribution is 2.19. The lowest BCUT2D eigenvalue weighted by Gasteiger charge is -2.07. The van der Waals surface area contributed by atoms with Crippen LogP contribution in [0.25, 0.3) is 5.69 Å². The average molecular weight is 353 g/mol. The van der Waals surface area contributed by atoms with E-state index in [1.54, 1.807) is 4.68 Å². The maximum Gasteiger partial charge on any atom is 0.230 e. The van der Waals surface area contributed by atoms with Crippen LogP contribution < -0.4 is 5.32 Å². The van der Waals surface area contributed by atoms with E-state index in [0.717, 1.165) is 22.4 Å². The van der Waals surface area contributed by atoms with Crippen molar-refractivity contribution in [2.45, 2.75) is 25.5 Å². The molecule has 0 atom stereocenters. The summed E-state index contributed by atoms with van der Waals surface area (Å²) in [7, 11) is 0. The first kappa shape index (κ1) is 17.2. The number of tetrazole rings is 1. The molecule has 128 valence electrons. The molecule has 3 rings (SSSR count). The van der Waals surface area contributed by atoms with Crippen LogP contribution in [-0.4, -0.2) is 31.9 Å². The molecule has 1 aromatic heterocycles. The molecule has 0 spiro atoms. The largest absolute Gasteiger partial charge is 0.351 e. The quantitative estimate of drug-likeness (QED) is 0.690. The zero-order chi connectivity index (χ0) is 17.6. The molecule has 0 fully saturated rings. The van der Waals surface area contributed by atoms with Gasteiger partial charge in [0.25, 0.3) is 0 Å². The molecule has 0 aliphatic rings. The van der Waals surface area contributed by atoms with Gasteiger partial charge < -0.3 is 5.32 Å². The summed E-state index contributed by atoms with van der Waals surface area (Å²) >= 11 is 1.32. The Morgan fingerprint density at radius 3 is 2.56 bits per heavy atom. The first-order valence-electron chi connectivity index (χ1n) is 7.92. The van der Waals surface area contributed by atoms with Crippen molar-refractivity contribution in [1.82, 2.24) is 25.5 Å². The topological polar surface area (TPSA) is 72.7 Å². The van der Waals surface area contributed by atoms with Gasteiger partial charge in [-0.05, 0) is 53.1 Å². The molecule has 0 bridgehead atoms. The number of aryl methyl sites for hydroxylation is 2. The molecule has 1 N–H and O–H groups in total. The van der Waals surface area contributed by atoms with Gasteiger partial charge >= 0.3 is 0 Å². The van der Waals surface area contributed by atoms with Crippen LogP contribution in [0.1, 0.15) is 16.7 Å². The Labute approximate surface area is 150 Å². The minimum Gasteiger partial charge on any atom is -0.351 e. The van der Waals surface area contributed by atoms with Gasteiger partial charge in [-0.15, -0.1) is 5.10 Å². The van der Waals surface area contributed by atoms with Crippen LogP contribution in [0.5, 0.6) is 0 Å². The normalized spacial score (nSPS) is 10.6. The highest BCUT2D eigenvalue weighted by Gasteiger charge is 2.12. The molecule has 25 heavy (non-hydrogen) atoms. The van der Waals surface area contributed by atoms with Gasteiger partial charge in [-0.1, -0.05) is 48.2 Å². The van der Waals surface area contributed by atoms with Crippen molar-refractivity contribution in [3.05, 3.63) is 65.2 Å². The predicted molar refractivity (Wildman–Crippen MR) is 97.6 cm³/mol. The van der Waals surface area contributed by atoms with Crippen LogP contribution in [0.4, 0.5) is 0 Å². The van der Waals surface area contributed by atoms with E-state index in [4.69, 9.17) is 0 Å². The van der Waals surface area contributed by atoms with Crippen LogP contribution >= 0.6 is 11.8 Å². The molecule has 7 heteroatoms. The Kier molecular flexibility index (Phi) is 5.45. The molecule has 0 saturated heterocycles. The second-order valence-corrected chi connectivity index (χ2v) is 6.71. The second kappa shape index (κ2) is 7.94. The smallest absolute Gasteiger partial charge is 0.230 e. The Bertz CT molecular complexity index is 843. The van der Waals surface area contributed by atoms with E-state index in [0.29, 0.717) is 11.7 Å². The van der Waals surface area contributed by atoms with Gasteiger partial charge in [0, 0.05) is 6.54 Å². The maximum absolute atomic E-state index is 12.1. The number of nitrogens with one attached hydrogen (secondary N) is 1. The number of benzene rings is 2. The highest BCUT2D eigenvalue weighted by atomic mass is 32.2. The van der Waals surface area contributed by atoms with Crippen molar-refractivity contribution < 1.29 is 4.79 Å². The van der Waals surface area contributed by atoms with Gasteiger partial charge in [-0.3, -0.25) is 4.79 Å². The Morgan fingerprint density at radius 1 is 1.12 bits per heavy atom. The zero-order valence-corrected chi connectivity index (χ0v) is 15.0. The molecular weight excluding hydrogens is 334 g/mol. The minimum atomic E-state index is -0.0520. The van der Waals surface area contributed by atoms with E-state index in [1.165, 1.54) is 11.8 Å². The summed E-state index contributed by atoms with van der Waals surface area (Å²) in [6.45, 7) is 4.58. The Hall–Kier alpha value is -2.67. The molecule has 6 nitrogen and oxygen atoms in total. The van der Waals surface area contributed by atoms with E-state index in [1.807, 2.05) is 56.3 Å². The van der Waals surface area contributed by atoms with E-state index in [2.05, 4.69) is 26.9 Å². The number of aromatic nitrogens is 4. The van der Waals surface area contributed by atoms with Crippen molar-refractivity contribution in [2.24, 2.45) is 0 Å². The number of nitrogens with zero attached hydrogens (tertiary/aromatic N) is 4. The number of carbonyl (C=O) groups is 1. The number of thioether (sulfide) groups is 1.